The number of carboxylic acids is 1. The number of carbonyl (C=O) groups is 3. The lowest BCUT2D eigenvalue weighted by atomic mass is 9.98. The number of carboxylic acid groups (broad SMARTS) is 1. The van der Waals surface area contributed by atoms with Gasteiger partial charge in [-0.2, -0.15) is 0 Å². The molecule has 3 aliphatic carbocycles. The molecule has 2 aromatic rings. The van der Waals surface area contributed by atoms with E-state index in [1.807, 2.05) is 24.3 Å². The minimum Gasteiger partial charge on any atom is -0.480 e. The number of fused-ring (bicyclic) bond motifs is 4. The number of aliphatic carboxylic acids is 1. The van der Waals surface area contributed by atoms with Crippen molar-refractivity contribution in [2.24, 2.45) is 11.3 Å². The Kier molecular flexibility index (Phi) is 5.11. The Morgan fingerprint density at radius 1 is 1.00 bits per heavy atom. The Hall–Kier alpha value is -3.39. The van der Waals surface area contributed by atoms with Crippen molar-refractivity contribution < 1.29 is 29.3 Å². The highest BCUT2D eigenvalue weighted by Crippen LogP contribution is 2.64. The fourth-order valence-electron chi connectivity index (χ4n) is 6.63. The van der Waals surface area contributed by atoms with Gasteiger partial charge in [0.05, 0.1) is 11.5 Å². The van der Waals surface area contributed by atoms with Gasteiger partial charge in [-0.25, -0.2) is 9.59 Å². The Balaban J connectivity index is 1.08. The smallest absolute Gasteiger partial charge is 0.407 e. The number of hydrogen-bond donors (Lipinski definition) is 3. The third-order valence-electron chi connectivity index (χ3n) is 8.33. The largest absolute Gasteiger partial charge is 0.480 e. The number of carbonyl (C=O) groups excluding carboxylic acids is 2. The van der Waals surface area contributed by atoms with Crippen LogP contribution in [0.4, 0.5) is 4.79 Å². The van der Waals surface area contributed by atoms with Crippen LogP contribution in [0, 0.1) is 11.3 Å². The number of amides is 2. The Morgan fingerprint density at radius 3 is 2.31 bits per heavy atom. The molecule has 5 atom stereocenters. The van der Waals surface area contributed by atoms with Gasteiger partial charge in [-0.15, -0.1) is 0 Å². The lowest BCUT2D eigenvalue weighted by Gasteiger charge is -2.26. The molecule has 2 aromatic carbocycles. The van der Waals surface area contributed by atoms with Crippen molar-refractivity contribution in [2.45, 2.75) is 49.8 Å². The number of nitrogens with one attached hydrogen (secondary N) is 1. The molecule has 182 valence electrons. The lowest BCUT2D eigenvalue weighted by molar-refractivity contribution is -0.150. The summed E-state index contributed by atoms with van der Waals surface area (Å²) in [5.74, 6) is -1.19. The number of alkyl carbamates (subject to hydrolysis) is 1. The topological polar surface area (TPSA) is 116 Å². The van der Waals surface area contributed by atoms with Gasteiger partial charge >= 0.3 is 12.1 Å². The molecule has 2 amide bonds. The summed E-state index contributed by atoms with van der Waals surface area (Å²) in [6.45, 7) is 0.279. The molecule has 3 fully saturated rings. The summed E-state index contributed by atoms with van der Waals surface area (Å²) in [7, 11) is 0. The first-order valence-corrected chi connectivity index (χ1v) is 12.2. The molecule has 35 heavy (non-hydrogen) atoms. The van der Waals surface area contributed by atoms with Crippen LogP contribution in [0.5, 0.6) is 0 Å². The number of aliphatic hydroxyl groups excluding tert-OH is 1. The monoisotopic (exact) mass is 476 g/mol. The van der Waals surface area contributed by atoms with Gasteiger partial charge in [0.2, 0.25) is 5.91 Å². The zero-order chi connectivity index (χ0) is 24.3. The number of β-amino-alcohol motifs (C(OH)–C–C–N with tert-alkyl or cyclic N) is 1. The molecule has 0 radical (unpaired) electrons. The zero-order valence-corrected chi connectivity index (χ0v) is 19.2. The summed E-state index contributed by atoms with van der Waals surface area (Å²) < 4.78 is 5.65. The van der Waals surface area contributed by atoms with Gasteiger partial charge < -0.3 is 25.2 Å². The third kappa shape index (κ3) is 3.58. The Bertz CT molecular complexity index is 1170. The SMILES string of the molecule is O=C(N[C@@H]1C[C@H]2C[C@@]2(C(=O)N2C[C@H](O)C[C@@H]2C(=O)O)C1)OCC1c2ccccc2-c2ccccc21. The molecule has 1 aliphatic heterocycles. The zero-order valence-electron chi connectivity index (χ0n) is 19.2. The van der Waals surface area contributed by atoms with E-state index in [4.69, 9.17) is 4.74 Å². The Labute approximate surface area is 202 Å². The average Bonchev–Trinajstić information content (AvgIpc) is 3.13. The molecule has 2 saturated carbocycles. The van der Waals surface area contributed by atoms with E-state index in [1.165, 1.54) is 16.0 Å². The number of likely N-dealkylation sites (tertiary alicyclic amines) is 1. The second kappa shape index (κ2) is 8.09. The summed E-state index contributed by atoms with van der Waals surface area (Å²) in [4.78, 5) is 38.8. The van der Waals surface area contributed by atoms with Crippen molar-refractivity contribution in [2.75, 3.05) is 13.2 Å². The number of nitrogens with zero attached hydrogens (tertiary/aromatic N) is 1. The van der Waals surface area contributed by atoms with E-state index in [0.29, 0.717) is 19.3 Å². The minimum absolute atomic E-state index is 0.0207. The fourth-order valence-corrected chi connectivity index (χ4v) is 6.63. The van der Waals surface area contributed by atoms with Crippen LogP contribution in [0.1, 0.15) is 42.7 Å². The van der Waals surface area contributed by atoms with Crippen molar-refractivity contribution >= 4 is 18.0 Å². The van der Waals surface area contributed by atoms with Gasteiger partial charge in [-0.1, -0.05) is 48.5 Å². The molecule has 0 aromatic heterocycles. The molecule has 6 rings (SSSR count). The minimum atomic E-state index is -1.09. The molecule has 0 bridgehead atoms. The third-order valence-corrected chi connectivity index (χ3v) is 8.33. The molecular formula is C27H28N2O6. The van der Waals surface area contributed by atoms with Crippen LogP contribution in [0.15, 0.2) is 48.5 Å². The van der Waals surface area contributed by atoms with Gasteiger partial charge in [0.1, 0.15) is 12.6 Å². The highest BCUT2D eigenvalue weighted by molar-refractivity contribution is 5.91. The first-order valence-electron chi connectivity index (χ1n) is 12.2. The van der Waals surface area contributed by atoms with Crippen LogP contribution in [0.2, 0.25) is 0 Å². The van der Waals surface area contributed by atoms with Crippen LogP contribution in [0.25, 0.3) is 11.1 Å². The number of aliphatic hydroxyl groups is 1. The molecule has 8 nitrogen and oxygen atoms in total. The van der Waals surface area contributed by atoms with Crippen molar-refractivity contribution in [3.8, 4) is 11.1 Å². The van der Waals surface area contributed by atoms with Crippen molar-refractivity contribution in [1.82, 2.24) is 10.2 Å². The quantitative estimate of drug-likeness (QED) is 0.611. The average molecular weight is 477 g/mol. The predicted octanol–water partition coefficient (Wildman–Crippen LogP) is 2.74. The molecular weight excluding hydrogens is 448 g/mol. The fraction of sp³-hybridized carbons (Fsp3) is 0.444. The summed E-state index contributed by atoms with van der Waals surface area (Å²) in [6.07, 6.45) is 0.589. The first-order chi connectivity index (χ1) is 16.9. The van der Waals surface area contributed by atoms with Gasteiger partial charge in [-0.3, -0.25) is 4.79 Å². The number of rotatable bonds is 5. The molecule has 0 unspecified atom stereocenters. The van der Waals surface area contributed by atoms with E-state index in [0.717, 1.165) is 11.1 Å². The maximum Gasteiger partial charge on any atom is 0.407 e. The number of hydrogen-bond acceptors (Lipinski definition) is 5. The van der Waals surface area contributed by atoms with Gasteiger partial charge in [-0.05, 0) is 47.4 Å². The van der Waals surface area contributed by atoms with E-state index >= 15 is 0 Å². The summed E-state index contributed by atoms with van der Waals surface area (Å²) in [6, 6.07) is 15.1. The van der Waals surface area contributed by atoms with Crippen LogP contribution in [-0.4, -0.2) is 64.4 Å². The van der Waals surface area contributed by atoms with Crippen molar-refractivity contribution in [3.05, 3.63) is 59.7 Å². The summed E-state index contributed by atoms with van der Waals surface area (Å²) in [5.41, 5.74) is 4.00. The molecule has 4 aliphatic rings. The Morgan fingerprint density at radius 2 is 1.66 bits per heavy atom. The van der Waals surface area contributed by atoms with Crippen molar-refractivity contribution in [1.29, 1.82) is 0 Å². The van der Waals surface area contributed by atoms with Crippen LogP contribution >= 0.6 is 0 Å². The maximum atomic E-state index is 13.2. The van der Waals surface area contributed by atoms with Crippen LogP contribution in [-0.2, 0) is 14.3 Å². The number of ether oxygens (including phenoxy) is 1. The van der Waals surface area contributed by atoms with Crippen LogP contribution < -0.4 is 5.32 Å². The highest BCUT2D eigenvalue weighted by Gasteiger charge is 2.67. The van der Waals surface area contributed by atoms with E-state index in [-0.39, 0.29) is 43.4 Å². The van der Waals surface area contributed by atoms with Crippen LogP contribution in [0.3, 0.4) is 0 Å². The second-order valence-corrected chi connectivity index (χ2v) is 10.4. The normalized spacial score (nSPS) is 30.4. The first kappa shape index (κ1) is 22.1. The molecule has 0 spiro atoms. The molecule has 1 heterocycles. The second-order valence-electron chi connectivity index (χ2n) is 10.4. The van der Waals surface area contributed by atoms with E-state index < -0.39 is 29.6 Å². The number of benzene rings is 2. The van der Waals surface area contributed by atoms with E-state index in [1.54, 1.807) is 0 Å². The van der Waals surface area contributed by atoms with Gasteiger partial charge in [0, 0.05) is 24.9 Å². The van der Waals surface area contributed by atoms with Crippen molar-refractivity contribution in [3.63, 3.8) is 0 Å². The van der Waals surface area contributed by atoms with Gasteiger partial charge in [0.25, 0.3) is 0 Å². The van der Waals surface area contributed by atoms with E-state index in [2.05, 4.69) is 29.6 Å². The summed E-state index contributed by atoms with van der Waals surface area (Å²) >= 11 is 0. The maximum absolute atomic E-state index is 13.2. The standard InChI is InChI=1S/C27H28N2O6/c30-17-10-23(24(31)32)29(13-17)25(33)27-11-15(27)9-16(12-27)28-26(34)35-14-22-20-7-3-1-5-18(20)19-6-2-4-8-21(19)22/h1-8,15-17,22-23,30H,9-14H2,(H,28,34)(H,31,32)/t15-,16+,17+,23+,27+/m0/s1. The highest BCUT2D eigenvalue weighted by atomic mass is 16.5. The molecule has 1 saturated heterocycles. The molecule has 3 N–H and O–H groups in total. The molecule has 8 heteroatoms. The van der Waals surface area contributed by atoms with Gasteiger partial charge in [0.15, 0.2) is 0 Å². The summed E-state index contributed by atoms with van der Waals surface area (Å²) in [5, 5.41) is 22.3. The lowest BCUT2D eigenvalue weighted by Crippen LogP contribution is -2.45. The predicted molar refractivity (Wildman–Crippen MR) is 126 cm³/mol. The van der Waals surface area contributed by atoms with E-state index in [9.17, 15) is 24.6 Å².